The molecule has 7 nitrogen and oxygen atoms in total. The van der Waals surface area contributed by atoms with E-state index in [-0.39, 0.29) is 11.5 Å². The van der Waals surface area contributed by atoms with Crippen molar-refractivity contribution >= 4 is 23.7 Å². The second-order valence-corrected chi connectivity index (χ2v) is 7.03. The zero-order chi connectivity index (χ0) is 19.6. The van der Waals surface area contributed by atoms with Gasteiger partial charge in [0.25, 0.3) is 5.91 Å². The van der Waals surface area contributed by atoms with Gasteiger partial charge in [-0.05, 0) is 30.9 Å². The lowest BCUT2D eigenvalue weighted by Gasteiger charge is -2.36. The van der Waals surface area contributed by atoms with Crippen molar-refractivity contribution in [3.63, 3.8) is 0 Å². The van der Waals surface area contributed by atoms with E-state index in [1.165, 1.54) is 18.2 Å². The molecule has 3 rings (SSSR count). The fourth-order valence-electron chi connectivity index (χ4n) is 3.71. The first-order valence-electron chi connectivity index (χ1n) is 8.92. The third-order valence-electron chi connectivity index (χ3n) is 5.30. The van der Waals surface area contributed by atoms with E-state index in [9.17, 15) is 23.6 Å². The minimum absolute atomic E-state index is 0.0155. The summed E-state index contributed by atoms with van der Waals surface area (Å²) >= 11 is 0. The van der Waals surface area contributed by atoms with Crippen molar-refractivity contribution in [2.45, 2.75) is 38.1 Å². The first-order chi connectivity index (χ1) is 12.8. The number of urea groups is 1. The summed E-state index contributed by atoms with van der Waals surface area (Å²) in [7, 11) is 0. The average Bonchev–Trinajstić information content (AvgIpc) is 2.87. The van der Waals surface area contributed by atoms with E-state index in [0.29, 0.717) is 6.42 Å². The summed E-state index contributed by atoms with van der Waals surface area (Å²) in [6, 6.07) is 4.40. The van der Waals surface area contributed by atoms with E-state index in [0.717, 1.165) is 30.2 Å². The number of Topliss-reactive ketones (excluding diaryl/α,β-unsaturated/α-hetero) is 1. The summed E-state index contributed by atoms with van der Waals surface area (Å²) in [5.41, 5.74) is -0.875. The van der Waals surface area contributed by atoms with Gasteiger partial charge in [0.05, 0.1) is 0 Å². The third-order valence-corrected chi connectivity index (χ3v) is 5.30. The van der Waals surface area contributed by atoms with E-state index in [4.69, 9.17) is 4.74 Å². The Hall–Kier alpha value is -2.77. The van der Waals surface area contributed by atoms with Crippen molar-refractivity contribution in [1.82, 2.24) is 10.2 Å². The number of imide groups is 1. The minimum atomic E-state index is -0.951. The fraction of sp³-hybridized carbons (Fsp3) is 0.474. The minimum Gasteiger partial charge on any atom is -0.456 e. The van der Waals surface area contributed by atoms with Crippen molar-refractivity contribution in [2.75, 3.05) is 13.2 Å². The molecule has 8 heteroatoms. The summed E-state index contributed by atoms with van der Waals surface area (Å²) in [5.74, 6) is -2.45. The van der Waals surface area contributed by atoms with E-state index in [1.807, 2.05) is 6.92 Å². The van der Waals surface area contributed by atoms with E-state index < -0.39 is 48.2 Å². The number of carbonyl (C=O) groups excluding carboxylic acids is 4. The number of hydrogen-bond donors (Lipinski definition) is 1. The first-order valence-corrected chi connectivity index (χ1v) is 8.92. The van der Waals surface area contributed by atoms with Crippen LogP contribution >= 0.6 is 0 Å². The summed E-state index contributed by atoms with van der Waals surface area (Å²) in [6.07, 6.45) is 3.20. The van der Waals surface area contributed by atoms with Crippen LogP contribution in [0.4, 0.5) is 9.18 Å². The Kier molecular flexibility index (Phi) is 5.25. The molecule has 1 spiro atoms. The maximum Gasteiger partial charge on any atom is 0.326 e. The topological polar surface area (TPSA) is 92.8 Å². The van der Waals surface area contributed by atoms with Crippen molar-refractivity contribution in [3.8, 4) is 0 Å². The average molecular weight is 376 g/mol. The van der Waals surface area contributed by atoms with Gasteiger partial charge in [-0.2, -0.15) is 0 Å². The van der Waals surface area contributed by atoms with Crippen LogP contribution < -0.4 is 5.32 Å². The molecule has 1 heterocycles. The smallest absolute Gasteiger partial charge is 0.326 e. The SMILES string of the molecule is C[C@@H]1CCCC[C@]12NC(=O)N(CC(=O)OCC(=O)c1cccc(F)c1)C2=O. The predicted octanol–water partition coefficient (Wildman–Crippen LogP) is 2.05. The van der Waals surface area contributed by atoms with Gasteiger partial charge in [-0.1, -0.05) is 31.9 Å². The zero-order valence-electron chi connectivity index (χ0n) is 15.0. The molecule has 1 N–H and O–H groups in total. The molecule has 1 saturated heterocycles. The van der Waals surface area contributed by atoms with Crippen LogP contribution in [0.2, 0.25) is 0 Å². The summed E-state index contributed by atoms with van der Waals surface area (Å²) in [6.45, 7) is 0.764. The highest BCUT2D eigenvalue weighted by Gasteiger charge is 2.55. The van der Waals surface area contributed by atoms with Gasteiger partial charge in [0.1, 0.15) is 17.9 Å². The molecular formula is C19H21FN2O5. The van der Waals surface area contributed by atoms with Crippen LogP contribution in [0.5, 0.6) is 0 Å². The molecule has 2 fully saturated rings. The summed E-state index contributed by atoms with van der Waals surface area (Å²) in [5, 5.41) is 2.74. The molecule has 1 aromatic carbocycles. The lowest BCUT2D eigenvalue weighted by molar-refractivity contribution is -0.147. The van der Waals surface area contributed by atoms with Gasteiger partial charge in [0, 0.05) is 5.56 Å². The zero-order valence-corrected chi connectivity index (χ0v) is 15.0. The van der Waals surface area contributed by atoms with Gasteiger partial charge in [-0.25, -0.2) is 9.18 Å². The number of nitrogens with zero attached hydrogens (tertiary/aromatic N) is 1. The van der Waals surface area contributed by atoms with Gasteiger partial charge < -0.3 is 10.1 Å². The Morgan fingerprint density at radius 1 is 1.33 bits per heavy atom. The number of rotatable bonds is 5. The molecule has 3 amide bonds. The highest BCUT2D eigenvalue weighted by atomic mass is 19.1. The van der Waals surface area contributed by atoms with E-state index >= 15 is 0 Å². The van der Waals surface area contributed by atoms with Crippen LogP contribution in [0.3, 0.4) is 0 Å². The van der Waals surface area contributed by atoms with Crippen LogP contribution in [0, 0.1) is 11.7 Å². The highest BCUT2D eigenvalue weighted by molar-refractivity contribution is 6.09. The third kappa shape index (κ3) is 3.70. The second kappa shape index (κ2) is 7.46. The largest absolute Gasteiger partial charge is 0.456 e. The van der Waals surface area contributed by atoms with Gasteiger partial charge in [0.15, 0.2) is 12.4 Å². The number of ketones is 1. The van der Waals surface area contributed by atoms with Crippen molar-refractivity contribution < 1.29 is 28.3 Å². The molecule has 1 aliphatic carbocycles. The Labute approximate surface area is 155 Å². The second-order valence-electron chi connectivity index (χ2n) is 7.03. The lowest BCUT2D eigenvalue weighted by Crippen LogP contribution is -2.54. The molecule has 2 atom stereocenters. The molecule has 1 aliphatic heterocycles. The van der Waals surface area contributed by atoms with E-state index in [1.54, 1.807) is 0 Å². The number of amides is 3. The van der Waals surface area contributed by atoms with Gasteiger partial charge in [-0.15, -0.1) is 0 Å². The van der Waals surface area contributed by atoms with Crippen LogP contribution in [0.25, 0.3) is 0 Å². The van der Waals surface area contributed by atoms with Crippen LogP contribution in [0.15, 0.2) is 24.3 Å². The normalized spacial score (nSPS) is 24.8. The van der Waals surface area contributed by atoms with Crippen LogP contribution in [0.1, 0.15) is 43.0 Å². The number of carbonyl (C=O) groups is 4. The molecule has 0 aromatic heterocycles. The summed E-state index contributed by atoms with van der Waals surface area (Å²) < 4.78 is 18.0. The quantitative estimate of drug-likeness (QED) is 0.482. The standard InChI is InChI=1S/C19H21FN2O5/c1-12-5-2-3-8-19(12)17(25)22(18(26)21-19)10-16(24)27-11-15(23)13-6-4-7-14(20)9-13/h4,6-7,9,12H,2-3,5,8,10-11H2,1H3,(H,21,26)/t12-,19+/m1/s1. The van der Waals surface area contributed by atoms with Crippen LogP contribution in [-0.4, -0.2) is 47.3 Å². The van der Waals surface area contributed by atoms with Gasteiger partial charge in [0.2, 0.25) is 0 Å². The summed E-state index contributed by atoms with van der Waals surface area (Å²) in [4.78, 5) is 49.8. The van der Waals surface area contributed by atoms with Crippen LogP contribution in [-0.2, 0) is 14.3 Å². The first kappa shape index (κ1) is 19.0. The number of benzene rings is 1. The van der Waals surface area contributed by atoms with Crippen molar-refractivity contribution in [3.05, 3.63) is 35.6 Å². The highest BCUT2D eigenvalue weighted by Crippen LogP contribution is 2.38. The Bertz CT molecular complexity index is 796. The number of ether oxygens (including phenoxy) is 1. The maximum absolute atomic E-state index is 13.1. The fourth-order valence-corrected chi connectivity index (χ4v) is 3.71. The molecular weight excluding hydrogens is 355 g/mol. The molecule has 0 unspecified atom stereocenters. The lowest BCUT2D eigenvalue weighted by atomic mass is 9.73. The number of halogens is 1. The Morgan fingerprint density at radius 3 is 2.81 bits per heavy atom. The number of esters is 1. The number of hydrogen-bond acceptors (Lipinski definition) is 5. The van der Waals surface area contributed by atoms with Gasteiger partial charge >= 0.3 is 12.0 Å². The number of nitrogens with one attached hydrogen (secondary N) is 1. The maximum atomic E-state index is 13.1. The predicted molar refractivity (Wildman–Crippen MR) is 92.3 cm³/mol. The van der Waals surface area contributed by atoms with Crippen molar-refractivity contribution in [1.29, 1.82) is 0 Å². The molecule has 2 aliphatic rings. The molecule has 0 bridgehead atoms. The Balaban J connectivity index is 1.58. The molecule has 144 valence electrons. The molecule has 1 saturated carbocycles. The molecule has 0 radical (unpaired) electrons. The van der Waals surface area contributed by atoms with Crippen molar-refractivity contribution in [2.24, 2.45) is 5.92 Å². The van der Waals surface area contributed by atoms with E-state index in [2.05, 4.69) is 5.32 Å². The molecule has 27 heavy (non-hydrogen) atoms. The monoisotopic (exact) mass is 376 g/mol. The molecule has 1 aromatic rings. The van der Waals surface area contributed by atoms with Gasteiger partial charge in [-0.3, -0.25) is 19.3 Å². The Morgan fingerprint density at radius 2 is 2.11 bits per heavy atom.